The van der Waals surface area contributed by atoms with Gasteiger partial charge < -0.3 is 11.1 Å². The Hall–Kier alpha value is -3.51. The maximum Gasteiger partial charge on any atom is 0.251 e. The molecule has 7 heteroatoms. The van der Waals surface area contributed by atoms with E-state index in [4.69, 9.17) is 17.3 Å². The Morgan fingerprint density at radius 2 is 2.06 bits per heavy atom. The Bertz CT molecular complexity index is 1220. The van der Waals surface area contributed by atoms with E-state index in [1.807, 2.05) is 45.0 Å². The van der Waals surface area contributed by atoms with E-state index in [2.05, 4.69) is 27.0 Å². The second kappa shape index (κ2) is 10.2. The number of nitrogens with zero attached hydrogens (tertiary/aromatic N) is 3. The van der Waals surface area contributed by atoms with Crippen LogP contribution in [0.2, 0.25) is 5.02 Å². The predicted octanol–water partition coefficient (Wildman–Crippen LogP) is 4.87. The third-order valence-electron chi connectivity index (χ3n) is 5.19. The van der Waals surface area contributed by atoms with Gasteiger partial charge in [-0.05, 0) is 74.5 Å². The van der Waals surface area contributed by atoms with Crippen molar-refractivity contribution in [3.8, 4) is 0 Å². The minimum absolute atomic E-state index is 0.199. The molecule has 164 valence electrons. The van der Waals surface area contributed by atoms with Crippen LogP contribution in [0.5, 0.6) is 0 Å². The largest absolute Gasteiger partial charge is 0.384 e. The number of hydrogen-bond acceptors (Lipinski definition) is 5. The molecule has 0 saturated heterocycles. The standard InChI is InChI=1S/C25H26ClN5O/c1-5-18(25(32)30-14-22-15(2)8-24(27)31-16(22)3)11-21(28-4)10-17-9-19-6-7-20(26)12-23(19)29-13-17/h5-9,11-13H,4,10,14H2,1-3H3,(H2,27,31)(H,30,32)/b18-5+,21-11-. The zero-order valence-electron chi connectivity index (χ0n) is 18.4. The summed E-state index contributed by atoms with van der Waals surface area (Å²) in [6.07, 6.45) is 5.78. The van der Waals surface area contributed by atoms with E-state index in [1.165, 1.54) is 0 Å². The number of aliphatic imine (C=N–C) groups is 1. The van der Waals surface area contributed by atoms with E-state index in [9.17, 15) is 4.79 Å². The number of aryl methyl sites for hydroxylation is 2. The monoisotopic (exact) mass is 447 g/mol. The zero-order chi connectivity index (χ0) is 23.3. The van der Waals surface area contributed by atoms with Gasteiger partial charge in [-0.25, -0.2) is 4.98 Å². The molecular formula is C25H26ClN5O. The number of hydrogen-bond donors (Lipinski definition) is 2. The SMILES string of the molecule is C=N/C(=C\C(=C/C)C(=O)NCc1c(C)cc(N)nc1C)Cc1cnc2cc(Cl)ccc2c1. The summed E-state index contributed by atoms with van der Waals surface area (Å²) >= 11 is 6.03. The van der Waals surface area contributed by atoms with Crippen molar-refractivity contribution in [1.29, 1.82) is 0 Å². The average molecular weight is 448 g/mol. The van der Waals surface area contributed by atoms with Gasteiger partial charge in [0.25, 0.3) is 5.91 Å². The molecule has 0 radical (unpaired) electrons. The van der Waals surface area contributed by atoms with Crippen molar-refractivity contribution < 1.29 is 4.79 Å². The number of halogens is 1. The molecule has 0 spiro atoms. The number of pyridine rings is 2. The van der Waals surface area contributed by atoms with Crippen LogP contribution in [0.4, 0.5) is 5.82 Å². The number of carbonyl (C=O) groups is 1. The summed E-state index contributed by atoms with van der Waals surface area (Å²) in [5, 5.41) is 4.59. The number of anilines is 1. The van der Waals surface area contributed by atoms with Gasteiger partial charge in [0.15, 0.2) is 0 Å². The van der Waals surface area contributed by atoms with E-state index in [0.29, 0.717) is 35.1 Å². The van der Waals surface area contributed by atoms with Crippen molar-refractivity contribution in [1.82, 2.24) is 15.3 Å². The molecule has 0 aliphatic carbocycles. The van der Waals surface area contributed by atoms with Gasteiger partial charge in [-0.1, -0.05) is 23.7 Å². The number of amides is 1. The summed E-state index contributed by atoms with van der Waals surface area (Å²) in [5.74, 6) is 0.274. The van der Waals surface area contributed by atoms with E-state index < -0.39 is 0 Å². The van der Waals surface area contributed by atoms with Crippen molar-refractivity contribution in [2.24, 2.45) is 4.99 Å². The summed E-state index contributed by atoms with van der Waals surface area (Å²) in [5.41, 5.74) is 11.5. The molecule has 2 heterocycles. The molecule has 3 rings (SSSR count). The molecule has 0 saturated carbocycles. The van der Waals surface area contributed by atoms with Crippen LogP contribution in [0, 0.1) is 13.8 Å². The van der Waals surface area contributed by atoms with E-state index >= 15 is 0 Å². The summed E-state index contributed by atoms with van der Waals surface area (Å²) in [7, 11) is 0. The molecule has 0 aliphatic rings. The molecule has 32 heavy (non-hydrogen) atoms. The Labute approximate surface area is 192 Å². The topological polar surface area (TPSA) is 93.3 Å². The summed E-state index contributed by atoms with van der Waals surface area (Å²) in [6.45, 7) is 9.68. The van der Waals surface area contributed by atoms with Gasteiger partial charge in [-0.2, -0.15) is 0 Å². The zero-order valence-corrected chi connectivity index (χ0v) is 19.2. The van der Waals surface area contributed by atoms with Gasteiger partial charge in [0.2, 0.25) is 0 Å². The van der Waals surface area contributed by atoms with E-state index in [-0.39, 0.29) is 5.91 Å². The first-order valence-electron chi connectivity index (χ1n) is 10.2. The summed E-state index contributed by atoms with van der Waals surface area (Å²) in [6, 6.07) is 9.42. The maximum absolute atomic E-state index is 12.8. The van der Waals surface area contributed by atoms with E-state index in [1.54, 1.807) is 24.4 Å². The number of nitrogens with one attached hydrogen (secondary N) is 1. The fourth-order valence-electron chi connectivity index (χ4n) is 3.48. The first-order chi connectivity index (χ1) is 15.3. The normalized spacial score (nSPS) is 12.1. The predicted molar refractivity (Wildman–Crippen MR) is 132 cm³/mol. The van der Waals surface area contributed by atoms with Gasteiger partial charge in [-0.3, -0.25) is 14.8 Å². The number of rotatable bonds is 7. The fraction of sp³-hybridized carbons (Fsp3) is 0.200. The first-order valence-corrected chi connectivity index (χ1v) is 10.6. The highest BCUT2D eigenvalue weighted by Crippen LogP contribution is 2.20. The molecule has 1 aromatic carbocycles. The van der Waals surface area contributed by atoms with Crippen LogP contribution in [-0.2, 0) is 17.8 Å². The Kier molecular flexibility index (Phi) is 7.38. The second-order valence-corrected chi connectivity index (χ2v) is 7.94. The van der Waals surface area contributed by atoms with Crippen LogP contribution in [0.3, 0.4) is 0 Å². The number of aromatic nitrogens is 2. The molecule has 0 bridgehead atoms. The first kappa shape index (κ1) is 23.2. The number of carbonyl (C=O) groups excluding carboxylic acids is 1. The van der Waals surface area contributed by atoms with Crippen molar-refractivity contribution in [3.05, 3.63) is 87.4 Å². The highest BCUT2D eigenvalue weighted by Gasteiger charge is 2.11. The number of benzene rings is 1. The average Bonchev–Trinajstić information content (AvgIpc) is 2.75. The van der Waals surface area contributed by atoms with Crippen molar-refractivity contribution in [3.63, 3.8) is 0 Å². The summed E-state index contributed by atoms with van der Waals surface area (Å²) in [4.78, 5) is 25.7. The lowest BCUT2D eigenvalue weighted by molar-refractivity contribution is -0.117. The van der Waals surface area contributed by atoms with Crippen molar-refractivity contribution in [2.45, 2.75) is 33.7 Å². The number of fused-ring (bicyclic) bond motifs is 1. The second-order valence-electron chi connectivity index (χ2n) is 7.51. The molecular weight excluding hydrogens is 422 g/mol. The third kappa shape index (κ3) is 5.59. The number of nitrogen functional groups attached to an aromatic ring is 1. The van der Waals surface area contributed by atoms with Crippen LogP contribution in [0.25, 0.3) is 10.9 Å². The number of nitrogens with two attached hydrogens (primary N) is 1. The van der Waals surface area contributed by atoms with Gasteiger partial charge >= 0.3 is 0 Å². The number of allylic oxidation sites excluding steroid dienone is 2. The molecule has 0 unspecified atom stereocenters. The molecule has 0 atom stereocenters. The van der Waals surface area contributed by atoms with Gasteiger partial charge in [0, 0.05) is 46.5 Å². The molecule has 1 amide bonds. The van der Waals surface area contributed by atoms with E-state index in [0.717, 1.165) is 33.3 Å². The van der Waals surface area contributed by atoms with Crippen molar-refractivity contribution >= 4 is 40.9 Å². The van der Waals surface area contributed by atoms with Gasteiger partial charge in [0.05, 0.1) is 5.52 Å². The minimum atomic E-state index is -0.199. The Balaban J connectivity index is 1.74. The molecule has 3 N–H and O–H groups in total. The Morgan fingerprint density at radius 1 is 1.28 bits per heavy atom. The highest BCUT2D eigenvalue weighted by molar-refractivity contribution is 6.31. The Morgan fingerprint density at radius 3 is 2.75 bits per heavy atom. The lowest BCUT2D eigenvalue weighted by Crippen LogP contribution is -2.25. The molecule has 6 nitrogen and oxygen atoms in total. The van der Waals surface area contributed by atoms with Crippen LogP contribution in [-0.4, -0.2) is 22.6 Å². The van der Waals surface area contributed by atoms with Crippen LogP contribution >= 0.6 is 11.6 Å². The molecule has 2 aromatic heterocycles. The lowest BCUT2D eigenvalue weighted by Gasteiger charge is -2.12. The maximum atomic E-state index is 12.8. The molecule has 0 aliphatic heterocycles. The smallest absolute Gasteiger partial charge is 0.251 e. The van der Waals surface area contributed by atoms with Crippen LogP contribution < -0.4 is 11.1 Å². The quantitative estimate of drug-likeness (QED) is 0.307. The highest BCUT2D eigenvalue weighted by atomic mass is 35.5. The van der Waals surface area contributed by atoms with Crippen LogP contribution in [0.1, 0.15) is 29.3 Å². The fourth-order valence-corrected chi connectivity index (χ4v) is 3.65. The molecule has 3 aromatic rings. The van der Waals surface area contributed by atoms with Crippen molar-refractivity contribution in [2.75, 3.05) is 5.73 Å². The molecule has 0 fully saturated rings. The minimum Gasteiger partial charge on any atom is -0.384 e. The summed E-state index contributed by atoms with van der Waals surface area (Å²) < 4.78 is 0. The van der Waals surface area contributed by atoms with Gasteiger partial charge in [0.1, 0.15) is 5.82 Å². The van der Waals surface area contributed by atoms with Gasteiger partial charge in [-0.15, -0.1) is 0 Å². The third-order valence-corrected chi connectivity index (χ3v) is 5.42. The lowest BCUT2D eigenvalue weighted by atomic mass is 10.1. The van der Waals surface area contributed by atoms with Crippen LogP contribution in [0.15, 0.2) is 64.9 Å².